The van der Waals surface area contributed by atoms with Gasteiger partial charge in [-0.25, -0.2) is 13.8 Å². The molecule has 0 aliphatic rings. The highest BCUT2D eigenvalue weighted by molar-refractivity contribution is 6.04. The number of carbonyl (C=O) groups excluding carboxylic acids is 1. The Morgan fingerprint density at radius 2 is 1.75 bits per heavy atom. The minimum Gasteiger partial charge on any atom is -0.394 e. The Hall–Kier alpha value is -2.50. The molecule has 0 aliphatic heterocycles. The number of amides is 1. The van der Waals surface area contributed by atoms with Crippen LogP contribution in [-0.4, -0.2) is 10.9 Å². The van der Waals surface area contributed by atoms with Crippen LogP contribution in [-0.2, 0) is 0 Å². The van der Waals surface area contributed by atoms with Gasteiger partial charge in [0.25, 0.3) is 5.91 Å². The molecule has 104 valence electrons. The number of anilines is 2. The molecule has 1 amide bonds. The Labute approximate surface area is 114 Å². The highest BCUT2D eigenvalue weighted by atomic mass is 19.1. The second-order valence-electron chi connectivity index (χ2n) is 4.48. The summed E-state index contributed by atoms with van der Waals surface area (Å²) in [6, 6.07) is 5.28. The largest absolute Gasteiger partial charge is 0.394 e. The highest BCUT2D eigenvalue weighted by Crippen LogP contribution is 2.18. The van der Waals surface area contributed by atoms with Gasteiger partial charge >= 0.3 is 0 Å². The van der Waals surface area contributed by atoms with Crippen LogP contribution in [0.25, 0.3) is 0 Å². The first-order chi connectivity index (χ1) is 9.36. The van der Waals surface area contributed by atoms with Crippen molar-refractivity contribution in [2.24, 2.45) is 0 Å². The molecule has 2 rings (SSSR count). The van der Waals surface area contributed by atoms with Gasteiger partial charge in [-0.2, -0.15) is 0 Å². The number of hydrogen-bond donors (Lipinski definition) is 2. The first kappa shape index (κ1) is 13.9. The number of aryl methyl sites for hydroxylation is 2. The van der Waals surface area contributed by atoms with Crippen LogP contribution in [0.15, 0.2) is 24.3 Å². The first-order valence-corrected chi connectivity index (χ1v) is 5.88. The number of nitrogens with zero attached hydrogens (tertiary/aromatic N) is 1. The Bertz CT molecular complexity index is 643. The number of nitrogen functional groups attached to an aromatic ring is 1. The molecule has 1 aromatic carbocycles. The Kier molecular flexibility index (Phi) is 3.65. The zero-order chi connectivity index (χ0) is 14.9. The van der Waals surface area contributed by atoms with Crippen molar-refractivity contribution in [3.8, 4) is 0 Å². The van der Waals surface area contributed by atoms with Gasteiger partial charge in [0.2, 0.25) is 0 Å². The highest BCUT2D eigenvalue weighted by Gasteiger charge is 2.14. The molecule has 0 spiro atoms. The molecule has 0 fully saturated rings. The standard InChI is InChI=1S/C14H13F2N3O/c1-7-3-8(2)18-12(4-7)19-14(20)9-5-10(15)13(17)11(16)6-9/h3-6H,17H2,1-2H3,(H,18,19,20). The fourth-order valence-corrected chi connectivity index (χ4v) is 1.81. The number of benzene rings is 1. The number of carbonyl (C=O) groups is 1. The number of nitrogens with one attached hydrogen (secondary N) is 1. The zero-order valence-electron chi connectivity index (χ0n) is 11.0. The lowest BCUT2D eigenvalue weighted by Crippen LogP contribution is -2.14. The lowest BCUT2D eigenvalue weighted by atomic mass is 10.1. The zero-order valence-corrected chi connectivity index (χ0v) is 11.0. The maximum atomic E-state index is 13.3. The normalized spacial score (nSPS) is 10.4. The molecule has 1 heterocycles. The second-order valence-corrected chi connectivity index (χ2v) is 4.48. The third kappa shape index (κ3) is 2.90. The van der Waals surface area contributed by atoms with Gasteiger partial charge in [0, 0.05) is 11.3 Å². The Balaban J connectivity index is 2.28. The molecular weight excluding hydrogens is 264 g/mol. The lowest BCUT2D eigenvalue weighted by molar-refractivity contribution is 0.102. The van der Waals surface area contributed by atoms with E-state index in [9.17, 15) is 13.6 Å². The van der Waals surface area contributed by atoms with Crippen LogP contribution in [0, 0.1) is 25.5 Å². The van der Waals surface area contributed by atoms with Gasteiger partial charge in [-0.15, -0.1) is 0 Å². The van der Waals surface area contributed by atoms with E-state index in [1.807, 2.05) is 13.0 Å². The monoisotopic (exact) mass is 277 g/mol. The predicted molar refractivity (Wildman–Crippen MR) is 72.4 cm³/mol. The predicted octanol–water partition coefficient (Wildman–Crippen LogP) is 2.81. The summed E-state index contributed by atoms with van der Waals surface area (Å²) in [6.07, 6.45) is 0. The molecule has 2 aromatic rings. The quantitative estimate of drug-likeness (QED) is 0.829. The molecule has 4 nitrogen and oxygen atoms in total. The van der Waals surface area contributed by atoms with Crippen molar-refractivity contribution in [3.05, 3.63) is 52.7 Å². The first-order valence-electron chi connectivity index (χ1n) is 5.88. The van der Waals surface area contributed by atoms with E-state index < -0.39 is 23.2 Å². The van der Waals surface area contributed by atoms with Crippen molar-refractivity contribution in [1.82, 2.24) is 4.98 Å². The smallest absolute Gasteiger partial charge is 0.257 e. The summed E-state index contributed by atoms with van der Waals surface area (Å²) in [4.78, 5) is 16.0. The summed E-state index contributed by atoms with van der Waals surface area (Å²) in [7, 11) is 0. The van der Waals surface area contributed by atoms with E-state index in [0.29, 0.717) is 5.82 Å². The van der Waals surface area contributed by atoms with Gasteiger partial charge in [-0.05, 0) is 43.7 Å². The molecule has 1 aromatic heterocycles. The van der Waals surface area contributed by atoms with E-state index in [1.165, 1.54) is 0 Å². The van der Waals surface area contributed by atoms with E-state index in [4.69, 9.17) is 5.73 Å². The van der Waals surface area contributed by atoms with Crippen molar-refractivity contribution in [1.29, 1.82) is 0 Å². The van der Waals surface area contributed by atoms with Crippen LogP contribution >= 0.6 is 0 Å². The van der Waals surface area contributed by atoms with Crippen LogP contribution < -0.4 is 11.1 Å². The van der Waals surface area contributed by atoms with Crippen molar-refractivity contribution in [3.63, 3.8) is 0 Å². The number of aromatic nitrogens is 1. The van der Waals surface area contributed by atoms with Crippen molar-refractivity contribution >= 4 is 17.4 Å². The Morgan fingerprint density at radius 1 is 1.15 bits per heavy atom. The van der Waals surface area contributed by atoms with Gasteiger partial charge < -0.3 is 11.1 Å². The third-order valence-electron chi connectivity index (χ3n) is 2.68. The summed E-state index contributed by atoms with van der Waals surface area (Å²) < 4.78 is 26.6. The molecule has 0 unspecified atom stereocenters. The number of nitrogens with two attached hydrogens (primary N) is 1. The molecule has 20 heavy (non-hydrogen) atoms. The van der Waals surface area contributed by atoms with Crippen molar-refractivity contribution in [2.75, 3.05) is 11.1 Å². The van der Waals surface area contributed by atoms with Gasteiger partial charge in [-0.1, -0.05) is 0 Å². The molecule has 0 atom stereocenters. The van der Waals surface area contributed by atoms with Gasteiger partial charge in [-0.3, -0.25) is 4.79 Å². The topological polar surface area (TPSA) is 68.0 Å². The molecule has 6 heteroatoms. The minimum absolute atomic E-state index is 0.157. The van der Waals surface area contributed by atoms with Crippen molar-refractivity contribution in [2.45, 2.75) is 13.8 Å². The van der Waals surface area contributed by atoms with E-state index in [0.717, 1.165) is 23.4 Å². The molecular formula is C14H13F2N3O. The van der Waals surface area contributed by atoms with Crippen LogP contribution in [0.3, 0.4) is 0 Å². The van der Waals surface area contributed by atoms with Crippen LogP contribution in [0.4, 0.5) is 20.3 Å². The molecule has 0 saturated carbocycles. The molecule has 0 saturated heterocycles. The van der Waals surface area contributed by atoms with Crippen LogP contribution in [0.5, 0.6) is 0 Å². The number of halogens is 2. The minimum atomic E-state index is -0.969. The van der Waals surface area contributed by atoms with E-state index in [1.54, 1.807) is 13.0 Å². The maximum Gasteiger partial charge on any atom is 0.257 e. The molecule has 0 radical (unpaired) electrons. The van der Waals surface area contributed by atoms with E-state index >= 15 is 0 Å². The van der Waals surface area contributed by atoms with E-state index in [2.05, 4.69) is 10.3 Å². The van der Waals surface area contributed by atoms with Gasteiger partial charge in [0.15, 0.2) is 0 Å². The maximum absolute atomic E-state index is 13.3. The second kappa shape index (κ2) is 5.24. The summed E-state index contributed by atoms with van der Waals surface area (Å²) in [6.45, 7) is 3.64. The lowest BCUT2D eigenvalue weighted by Gasteiger charge is -2.08. The van der Waals surface area contributed by atoms with Gasteiger partial charge in [0.1, 0.15) is 23.1 Å². The number of hydrogen-bond acceptors (Lipinski definition) is 3. The van der Waals surface area contributed by atoms with Crippen LogP contribution in [0.2, 0.25) is 0 Å². The summed E-state index contributed by atoms with van der Waals surface area (Å²) in [5, 5.41) is 2.49. The molecule has 0 aliphatic carbocycles. The fourth-order valence-electron chi connectivity index (χ4n) is 1.81. The van der Waals surface area contributed by atoms with Crippen LogP contribution in [0.1, 0.15) is 21.6 Å². The molecule has 3 N–H and O–H groups in total. The average molecular weight is 277 g/mol. The SMILES string of the molecule is Cc1cc(C)nc(NC(=O)c2cc(F)c(N)c(F)c2)c1. The number of rotatable bonds is 2. The summed E-state index contributed by atoms with van der Waals surface area (Å²) in [5.41, 5.74) is 6.04. The van der Waals surface area contributed by atoms with Gasteiger partial charge in [0.05, 0.1) is 0 Å². The summed E-state index contributed by atoms with van der Waals surface area (Å²) >= 11 is 0. The van der Waals surface area contributed by atoms with Crippen molar-refractivity contribution < 1.29 is 13.6 Å². The fraction of sp³-hybridized carbons (Fsp3) is 0.143. The Morgan fingerprint density at radius 3 is 2.30 bits per heavy atom. The number of pyridine rings is 1. The average Bonchev–Trinajstić information content (AvgIpc) is 2.33. The summed E-state index contributed by atoms with van der Waals surface area (Å²) in [5.74, 6) is -2.27. The molecule has 0 bridgehead atoms. The third-order valence-corrected chi connectivity index (χ3v) is 2.68. The van der Waals surface area contributed by atoms with E-state index in [-0.39, 0.29) is 5.56 Å².